The van der Waals surface area contributed by atoms with Gasteiger partial charge in [-0.05, 0) is 45.7 Å². The maximum Gasteiger partial charge on any atom is 0.256 e. The van der Waals surface area contributed by atoms with E-state index in [1.165, 1.54) is 0 Å². The van der Waals surface area contributed by atoms with Crippen LogP contribution >= 0.6 is 11.8 Å². The fourth-order valence-electron chi connectivity index (χ4n) is 2.30. The van der Waals surface area contributed by atoms with Crippen molar-refractivity contribution in [1.82, 2.24) is 10.3 Å². The van der Waals surface area contributed by atoms with E-state index in [0.29, 0.717) is 11.3 Å². The van der Waals surface area contributed by atoms with Gasteiger partial charge in [-0.25, -0.2) is 4.98 Å². The van der Waals surface area contributed by atoms with Crippen LogP contribution < -0.4 is 5.32 Å². The normalized spacial score (nSPS) is 14.2. The number of nitrogens with one attached hydrogen (secondary N) is 1. The minimum atomic E-state index is -0.462. The highest BCUT2D eigenvalue weighted by Crippen LogP contribution is 2.25. The lowest BCUT2D eigenvalue weighted by Crippen LogP contribution is -2.44. The van der Waals surface area contributed by atoms with Gasteiger partial charge in [0.15, 0.2) is 5.58 Å². The zero-order valence-electron chi connectivity index (χ0n) is 12.7. The first-order valence-electron chi connectivity index (χ1n) is 7.20. The van der Waals surface area contributed by atoms with Gasteiger partial charge in [0.1, 0.15) is 11.1 Å². The Hall–Kier alpha value is -1.51. The van der Waals surface area contributed by atoms with E-state index in [1.54, 1.807) is 11.8 Å². The monoisotopic (exact) mass is 303 g/mol. The number of rotatable bonds is 7. The average molecular weight is 303 g/mol. The van der Waals surface area contributed by atoms with Gasteiger partial charge in [0, 0.05) is 11.8 Å². The minimum absolute atomic E-state index is 0.305. The van der Waals surface area contributed by atoms with E-state index in [4.69, 9.17) is 4.42 Å². The molecule has 0 radical (unpaired) electrons. The summed E-state index contributed by atoms with van der Waals surface area (Å²) in [5, 5.41) is 13.3. The molecule has 21 heavy (non-hydrogen) atoms. The van der Waals surface area contributed by atoms with Gasteiger partial charge >= 0.3 is 0 Å². The summed E-state index contributed by atoms with van der Waals surface area (Å²) in [4.78, 5) is 4.43. The van der Waals surface area contributed by atoms with Crippen molar-refractivity contribution in [3.05, 3.63) is 24.3 Å². The standard InChI is InChI=1S/C16H21N3OS/c1-12(2)19-16(3,11-17)9-6-10-21-15-18-13-7-4-5-8-14(13)20-15/h4-5,7-8,12,19H,6,9-10H2,1-3H3. The van der Waals surface area contributed by atoms with Gasteiger partial charge in [-0.2, -0.15) is 5.26 Å². The van der Waals surface area contributed by atoms with Crippen LogP contribution in [0.5, 0.6) is 0 Å². The zero-order valence-corrected chi connectivity index (χ0v) is 13.5. The second-order valence-corrected chi connectivity index (χ2v) is 6.69. The smallest absolute Gasteiger partial charge is 0.256 e. The molecule has 2 aromatic rings. The molecule has 0 saturated carbocycles. The van der Waals surface area contributed by atoms with Crippen LogP contribution in [0.1, 0.15) is 33.6 Å². The number of aromatic nitrogens is 1. The molecule has 0 spiro atoms. The maximum absolute atomic E-state index is 9.30. The molecule has 5 heteroatoms. The van der Waals surface area contributed by atoms with Gasteiger partial charge in [-0.15, -0.1) is 0 Å². The minimum Gasteiger partial charge on any atom is -0.431 e. The molecule has 0 aliphatic rings. The number of hydrogen-bond donors (Lipinski definition) is 1. The largest absolute Gasteiger partial charge is 0.431 e. The summed E-state index contributed by atoms with van der Waals surface area (Å²) in [5.74, 6) is 0.893. The van der Waals surface area contributed by atoms with Gasteiger partial charge in [0.05, 0.1) is 6.07 Å². The Bertz CT molecular complexity index is 599. The van der Waals surface area contributed by atoms with Gasteiger partial charge in [0.25, 0.3) is 5.22 Å². The van der Waals surface area contributed by atoms with Gasteiger partial charge in [0.2, 0.25) is 0 Å². The summed E-state index contributed by atoms with van der Waals surface area (Å²) in [6.07, 6.45) is 1.75. The molecule has 0 saturated heterocycles. The van der Waals surface area contributed by atoms with Gasteiger partial charge < -0.3 is 4.42 Å². The van der Waals surface area contributed by atoms with E-state index in [-0.39, 0.29) is 0 Å². The summed E-state index contributed by atoms with van der Waals surface area (Å²) in [6.45, 7) is 6.07. The van der Waals surface area contributed by atoms with Crippen molar-refractivity contribution in [1.29, 1.82) is 5.26 Å². The second kappa shape index (κ2) is 6.97. The molecule has 1 unspecified atom stereocenters. The molecule has 0 bridgehead atoms. The van der Waals surface area contributed by atoms with Crippen LogP contribution in [0, 0.1) is 11.3 Å². The molecular formula is C16H21N3OS. The third-order valence-corrected chi connectivity index (χ3v) is 4.09. The molecule has 0 aliphatic carbocycles. The summed E-state index contributed by atoms with van der Waals surface area (Å²) >= 11 is 1.60. The Morgan fingerprint density at radius 3 is 2.86 bits per heavy atom. The Morgan fingerprint density at radius 1 is 1.43 bits per heavy atom. The van der Waals surface area contributed by atoms with Crippen LogP contribution in [0.2, 0.25) is 0 Å². The first-order valence-corrected chi connectivity index (χ1v) is 8.18. The third kappa shape index (κ3) is 4.48. The molecule has 0 amide bonds. The van der Waals surface area contributed by atoms with Crippen molar-refractivity contribution in [2.75, 3.05) is 5.75 Å². The van der Waals surface area contributed by atoms with Crippen LogP contribution in [0.15, 0.2) is 33.9 Å². The maximum atomic E-state index is 9.30. The average Bonchev–Trinajstić information content (AvgIpc) is 2.85. The first-order chi connectivity index (χ1) is 10.0. The van der Waals surface area contributed by atoms with E-state index < -0.39 is 5.54 Å². The van der Waals surface area contributed by atoms with Crippen molar-refractivity contribution in [3.8, 4) is 6.07 Å². The Balaban J connectivity index is 1.83. The topological polar surface area (TPSA) is 61.9 Å². The molecule has 2 rings (SSSR count). The summed E-state index contributed by atoms with van der Waals surface area (Å²) in [6, 6.07) is 10.4. The lowest BCUT2D eigenvalue weighted by Gasteiger charge is -2.25. The van der Waals surface area contributed by atoms with Gasteiger partial charge in [-0.1, -0.05) is 23.9 Å². The van der Waals surface area contributed by atoms with Gasteiger partial charge in [-0.3, -0.25) is 5.32 Å². The highest BCUT2D eigenvalue weighted by Gasteiger charge is 2.23. The number of nitriles is 1. The number of oxazole rings is 1. The highest BCUT2D eigenvalue weighted by atomic mass is 32.2. The number of fused-ring (bicyclic) bond motifs is 1. The quantitative estimate of drug-likeness (QED) is 0.619. The number of thioether (sulfide) groups is 1. The van der Waals surface area contributed by atoms with Crippen LogP contribution in [0.4, 0.5) is 0 Å². The van der Waals surface area contributed by atoms with Crippen LogP contribution in [-0.2, 0) is 0 Å². The number of hydrogen-bond acceptors (Lipinski definition) is 5. The molecule has 112 valence electrons. The predicted molar refractivity (Wildman–Crippen MR) is 86.3 cm³/mol. The molecular weight excluding hydrogens is 282 g/mol. The third-order valence-electron chi connectivity index (χ3n) is 3.17. The Labute approximate surface area is 129 Å². The van der Waals surface area contributed by atoms with Crippen molar-refractivity contribution in [3.63, 3.8) is 0 Å². The van der Waals surface area contributed by atoms with E-state index in [0.717, 1.165) is 29.7 Å². The molecule has 1 aromatic carbocycles. The summed E-state index contributed by atoms with van der Waals surface area (Å²) < 4.78 is 5.66. The summed E-state index contributed by atoms with van der Waals surface area (Å²) in [7, 11) is 0. The van der Waals surface area contributed by atoms with E-state index in [9.17, 15) is 5.26 Å². The number of para-hydroxylation sites is 2. The van der Waals surface area contributed by atoms with E-state index in [1.807, 2.05) is 31.2 Å². The van der Waals surface area contributed by atoms with E-state index in [2.05, 4.69) is 30.2 Å². The highest BCUT2D eigenvalue weighted by molar-refractivity contribution is 7.99. The van der Waals surface area contributed by atoms with Crippen molar-refractivity contribution < 1.29 is 4.42 Å². The molecule has 1 aromatic heterocycles. The predicted octanol–water partition coefficient (Wildman–Crippen LogP) is 3.98. The Kier molecular flexibility index (Phi) is 5.27. The molecule has 1 heterocycles. The van der Waals surface area contributed by atoms with Crippen molar-refractivity contribution in [2.45, 2.75) is 50.4 Å². The van der Waals surface area contributed by atoms with E-state index >= 15 is 0 Å². The molecule has 0 aliphatic heterocycles. The molecule has 1 N–H and O–H groups in total. The van der Waals surface area contributed by atoms with Crippen molar-refractivity contribution >= 4 is 22.9 Å². The van der Waals surface area contributed by atoms with Crippen LogP contribution in [0.3, 0.4) is 0 Å². The SMILES string of the molecule is CC(C)NC(C)(C#N)CCCSc1nc2ccccc2o1. The second-order valence-electron chi connectivity index (χ2n) is 5.64. The fraction of sp³-hybridized carbons (Fsp3) is 0.500. The first kappa shape index (κ1) is 15.9. The van der Waals surface area contributed by atoms with Crippen LogP contribution in [-0.4, -0.2) is 22.3 Å². The fourth-order valence-corrected chi connectivity index (χ4v) is 3.07. The molecule has 1 atom stereocenters. The molecule has 0 fully saturated rings. The number of nitrogens with zero attached hydrogens (tertiary/aromatic N) is 2. The lowest BCUT2D eigenvalue weighted by atomic mass is 9.97. The van der Waals surface area contributed by atoms with Crippen LogP contribution in [0.25, 0.3) is 11.1 Å². The van der Waals surface area contributed by atoms with Crippen molar-refractivity contribution in [2.24, 2.45) is 0 Å². The lowest BCUT2D eigenvalue weighted by molar-refractivity contribution is 0.380. The molecule has 4 nitrogen and oxygen atoms in total. The Morgan fingerprint density at radius 2 is 2.19 bits per heavy atom. The summed E-state index contributed by atoms with van der Waals surface area (Å²) in [5.41, 5.74) is 1.25. The number of benzene rings is 1. The zero-order chi connectivity index (χ0) is 15.3.